The van der Waals surface area contributed by atoms with E-state index in [1.807, 2.05) is 51.1 Å². The number of thiophene rings is 1. The number of fused-ring (bicyclic) bond motifs is 1. The molecule has 2 aromatic heterocycles. The van der Waals surface area contributed by atoms with Crippen LogP contribution in [0.1, 0.15) is 29.3 Å². The Morgan fingerprint density at radius 2 is 1.82 bits per heavy atom. The second kappa shape index (κ2) is 9.03. The molecule has 2 aromatic carbocycles. The molecular weight excluding hydrogens is 458 g/mol. The van der Waals surface area contributed by atoms with E-state index >= 15 is 0 Å². The highest BCUT2D eigenvalue weighted by Crippen LogP contribution is 2.38. The first-order valence-corrected chi connectivity index (χ1v) is 12.9. The van der Waals surface area contributed by atoms with Crippen molar-refractivity contribution in [1.82, 2.24) is 3.97 Å². The quantitative estimate of drug-likeness (QED) is 0.351. The fourth-order valence-corrected chi connectivity index (χ4v) is 6.98. The van der Waals surface area contributed by atoms with Crippen LogP contribution in [0.25, 0.3) is 22.0 Å². The second-order valence-corrected chi connectivity index (χ2v) is 11.2. The van der Waals surface area contributed by atoms with Crippen LogP contribution in [0, 0.1) is 13.8 Å². The summed E-state index contributed by atoms with van der Waals surface area (Å²) in [7, 11) is -3.93. The Labute approximate surface area is 197 Å². The lowest BCUT2D eigenvalue weighted by Crippen LogP contribution is -2.11. The van der Waals surface area contributed by atoms with Gasteiger partial charge in [-0.05, 0) is 62.6 Å². The van der Waals surface area contributed by atoms with Gasteiger partial charge in [-0.25, -0.2) is 3.97 Å². The molecule has 2 heterocycles. The van der Waals surface area contributed by atoms with Gasteiger partial charge in [0.15, 0.2) is 0 Å². The lowest BCUT2D eigenvalue weighted by molar-refractivity contribution is -0.136. The minimum absolute atomic E-state index is 0.0925. The van der Waals surface area contributed by atoms with Crippen molar-refractivity contribution in [1.29, 1.82) is 0 Å². The van der Waals surface area contributed by atoms with Crippen LogP contribution in [0.2, 0.25) is 0 Å². The second-order valence-electron chi connectivity index (χ2n) is 7.89. The fraction of sp³-hybridized carbons (Fsp3) is 0.240. The topological polar surface area (TPSA) is 85.6 Å². The minimum atomic E-state index is -3.93. The van der Waals surface area contributed by atoms with Crippen molar-refractivity contribution in [2.45, 2.75) is 37.8 Å². The molecule has 6 nitrogen and oxygen atoms in total. The molecule has 0 saturated heterocycles. The molecular formula is C25H25NO5S2. The number of rotatable bonds is 8. The largest absolute Gasteiger partial charge is 0.494 e. The highest BCUT2D eigenvalue weighted by Gasteiger charge is 2.27. The van der Waals surface area contributed by atoms with Gasteiger partial charge in [0.2, 0.25) is 0 Å². The van der Waals surface area contributed by atoms with Crippen LogP contribution in [0.15, 0.2) is 58.9 Å². The third kappa shape index (κ3) is 4.54. The molecule has 1 N–H and O–H groups in total. The van der Waals surface area contributed by atoms with E-state index in [4.69, 9.17) is 9.84 Å². The van der Waals surface area contributed by atoms with Crippen LogP contribution >= 0.6 is 11.3 Å². The Bertz CT molecular complexity index is 1430. The first kappa shape index (κ1) is 23.1. The number of aryl methyl sites for hydroxylation is 3. The van der Waals surface area contributed by atoms with Gasteiger partial charge < -0.3 is 9.84 Å². The van der Waals surface area contributed by atoms with Crippen LogP contribution in [0.3, 0.4) is 0 Å². The molecule has 0 unspecified atom stereocenters. The van der Waals surface area contributed by atoms with Crippen molar-refractivity contribution >= 4 is 38.2 Å². The van der Waals surface area contributed by atoms with Crippen LogP contribution in [0.4, 0.5) is 0 Å². The van der Waals surface area contributed by atoms with Gasteiger partial charge >= 0.3 is 5.97 Å². The normalized spacial score (nSPS) is 11.7. The fourth-order valence-electron chi connectivity index (χ4n) is 3.85. The smallest absolute Gasteiger partial charge is 0.303 e. The summed E-state index contributed by atoms with van der Waals surface area (Å²) in [5.41, 5.74) is 3.75. The first-order valence-electron chi connectivity index (χ1n) is 10.6. The lowest BCUT2D eigenvalue weighted by atomic mass is 10.1. The summed E-state index contributed by atoms with van der Waals surface area (Å²) < 4.78 is 35.0. The molecule has 0 aliphatic heterocycles. The minimum Gasteiger partial charge on any atom is -0.494 e. The van der Waals surface area contributed by atoms with Crippen molar-refractivity contribution < 1.29 is 23.1 Å². The third-order valence-electron chi connectivity index (χ3n) is 5.42. The van der Waals surface area contributed by atoms with Gasteiger partial charge in [-0.1, -0.05) is 29.8 Å². The van der Waals surface area contributed by atoms with E-state index in [-0.39, 0.29) is 17.1 Å². The van der Waals surface area contributed by atoms with Crippen molar-refractivity contribution in [2.75, 3.05) is 6.61 Å². The summed E-state index contributed by atoms with van der Waals surface area (Å²) in [6.07, 6.45) is 1.68. The van der Waals surface area contributed by atoms with Crippen molar-refractivity contribution in [3.8, 4) is 16.9 Å². The van der Waals surface area contributed by atoms with Crippen LogP contribution < -0.4 is 4.74 Å². The highest BCUT2D eigenvalue weighted by atomic mass is 32.2. The number of aliphatic carboxylic acids is 1. The third-order valence-corrected chi connectivity index (χ3v) is 8.66. The molecule has 0 aliphatic carbocycles. The maximum absolute atomic E-state index is 13.9. The molecule has 0 spiro atoms. The predicted molar refractivity (Wildman–Crippen MR) is 131 cm³/mol. The number of benzene rings is 2. The van der Waals surface area contributed by atoms with E-state index in [1.165, 1.54) is 15.3 Å². The number of aromatic nitrogens is 1. The van der Waals surface area contributed by atoms with E-state index in [0.29, 0.717) is 34.4 Å². The van der Waals surface area contributed by atoms with Gasteiger partial charge in [-0.2, -0.15) is 8.42 Å². The average Bonchev–Trinajstić information content (AvgIpc) is 3.34. The molecule has 0 amide bonds. The summed E-state index contributed by atoms with van der Waals surface area (Å²) in [4.78, 5) is 12.1. The summed E-state index contributed by atoms with van der Waals surface area (Å²) >= 11 is 1.23. The lowest BCUT2D eigenvalue weighted by Gasteiger charge is -2.09. The Morgan fingerprint density at radius 1 is 1.09 bits per heavy atom. The Morgan fingerprint density at radius 3 is 2.48 bits per heavy atom. The summed E-state index contributed by atoms with van der Waals surface area (Å²) in [6, 6.07) is 14.9. The summed E-state index contributed by atoms with van der Waals surface area (Å²) in [5, 5.41) is 9.84. The molecule has 0 fully saturated rings. The standard InChI is InChI=1S/C25H25NO5S2/c1-4-31-20-10-11-23-21(14-20)19(9-12-24(27)28)15-26(23)33(29,30)25-22(13-17(3)32-25)18-7-5-16(2)6-8-18/h5-8,10-11,13-15H,4,9,12H2,1-3H3,(H,27,28). The van der Waals surface area contributed by atoms with Gasteiger partial charge in [0, 0.05) is 28.4 Å². The number of carboxylic acids is 1. The maximum atomic E-state index is 13.9. The number of hydrogen-bond donors (Lipinski definition) is 1. The molecule has 172 valence electrons. The van der Waals surface area contributed by atoms with Gasteiger partial charge in [0.25, 0.3) is 10.0 Å². The SMILES string of the molecule is CCOc1ccc2c(c1)c(CCC(=O)O)cn2S(=O)(=O)c1sc(C)cc1-c1ccc(C)cc1. The summed E-state index contributed by atoms with van der Waals surface area (Å²) in [5.74, 6) is -0.320. The molecule has 0 atom stereocenters. The number of hydrogen-bond acceptors (Lipinski definition) is 5. The van der Waals surface area contributed by atoms with E-state index in [2.05, 4.69) is 0 Å². The van der Waals surface area contributed by atoms with Gasteiger partial charge in [-0.15, -0.1) is 11.3 Å². The van der Waals surface area contributed by atoms with Crippen molar-refractivity contribution in [2.24, 2.45) is 0 Å². The number of carboxylic acid groups (broad SMARTS) is 1. The number of nitrogens with zero attached hydrogens (tertiary/aromatic N) is 1. The molecule has 4 aromatic rings. The van der Waals surface area contributed by atoms with Crippen LogP contribution in [-0.4, -0.2) is 30.1 Å². The molecule has 4 rings (SSSR count). The van der Waals surface area contributed by atoms with E-state index in [0.717, 1.165) is 16.0 Å². The number of ether oxygens (including phenoxy) is 1. The Balaban J connectivity index is 1.89. The van der Waals surface area contributed by atoms with Gasteiger partial charge in [0.1, 0.15) is 9.96 Å². The van der Waals surface area contributed by atoms with E-state index < -0.39 is 16.0 Å². The molecule has 8 heteroatoms. The first-order chi connectivity index (χ1) is 15.7. The maximum Gasteiger partial charge on any atom is 0.303 e. The van der Waals surface area contributed by atoms with Crippen molar-refractivity contribution in [3.05, 3.63) is 70.7 Å². The van der Waals surface area contributed by atoms with Crippen molar-refractivity contribution in [3.63, 3.8) is 0 Å². The summed E-state index contributed by atoms with van der Waals surface area (Å²) in [6.45, 7) is 6.23. The van der Waals surface area contributed by atoms with Gasteiger partial charge in [0.05, 0.1) is 12.1 Å². The molecule has 0 saturated carbocycles. The zero-order valence-corrected chi connectivity index (χ0v) is 20.3. The zero-order chi connectivity index (χ0) is 23.8. The highest BCUT2D eigenvalue weighted by molar-refractivity contribution is 7.92. The van der Waals surface area contributed by atoms with Crippen LogP contribution in [-0.2, 0) is 21.2 Å². The van der Waals surface area contributed by atoms with E-state index in [1.54, 1.807) is 24.4 Å². The Hall–Kier alpha value is -3.10. The molecule has 0 radical (unpaired) electrons. The predicted octanol–water partition coefficient (Wildman–Crippen LogP) is 5.64. The van der Waals surface area contributed by atoms with E-state index in [9.17, 15) is 13.2 Å². The molecule has 0 bridgehead atoms. The van der Waals surface area contributed by atoms with Crippen LogP contribution in [0.5, 0.6) is 5.75 Å². The zero-order valence-electron chi connectivity index (χ0n) is 18.7. The molecule has 0 aliphatic rings. The molecule has 33 heavy (non-hydrogen) atoms. The number of carbonyl (C=O) groups is 1. The Kier molecular flexibility index (Phi) is 6.32. The van der Waals surface area contributed by atoms with Gasteiger partial charge in [-0.3, -0.25) is 4.79 Å². The monoisotopic (exact) mass is 483 g/mol. The average molecular weight is 484 g/mol.